The van der Waals surface area contributed by atoms with Crippen molar-refractivity contribution in [3.05, 3.63) is 57.6 Å². The Labute approximate surface area is 180 Å². The molecule has 152 valence electrons. The van der Waals surface area contributed by atoms with E-state index in [9.17, 15) is 10.1 Å². The van der Waals surface area contributed by atoms with Crippen LogP contribution in [0, 0.1) is 11.3 Å². The summed E-state index contributed by atoms with van der Waals surface area (Å²) in [6.07, 6.45) is 2.30. The number of ether oxygens (including phenoxy) is 2. The summed E-state index contributed by atoms with van der Waals surface area (Å²) >= 11 is 3.50. The number of hydrogen-bond acceptors (Lipinski definition) is 4. The fourth-order valence-corrected chi connectivity index (χ4v) is 3.29. The smallest absolute Gasteiger partial charge is 0.266 e. The Kier molecular flexibility index (Phi) is 8.29. The van der Waals surface area contributed by atoms with Crippen molar-refractivity contribution in [2.24, 2.45) is 0 Å². The van der Waals surface area contributed by atoms with Gasteiger partial charge in [-0.2, -0.15) is 5.26 Å². The molecule has 2 aromatic carbocycles. The van der Waals surface area contributed by atoms with E-state index < -0.39 is 5.91 Å². The van der Waals surface area contributed by atoms with Crippen LogP contribution in [0.1, 0.15) is 38.8 Å². The number of rotatable bonds is 8. The molecule has 0 radical (unpaired) electrons. The van der Waals surface area contributed by atoms with Crippen molar-refractivity contribution < 1.29 is 14.3 Å². The zero-order valence-corrected chi connectivity index (χ0v) is 18.7. The second-order valence-electron chi connectivity index (χ2n) is 6.56. The zero-order chi connectivity index (χ0) is 21.4. The van der Waals surface area contributed by atoms with Crippen LogP contribution < -0.4 is 14.8 Å². The minimum Gasteiger partial charge on any atom is -0.490 e. The molecule has 2 aromatic rings. The molecule has 0 fully saturated rings. The third kappa shape index (κ3) is 6.10. The van der Waals surface area contributed by atoms with Crippen LogP contribution in [0.2, 0.25) is 0 Å². The van der Waals surface area contributed by atoms with Crippen LogP contribution in [0.25, 0.3) is 6.08 Å². The highest BCUT2D eigenvalue weighted by Gasteiger charge is 2.16. The summed E-state index contributed by atoms with van der Waals surface area (Å²) < 4.78 is 12.2. The van der Waals surface area contributed by atoms with E-state index in [0.717, 1.165) is 12.0 Å². The van der Waals surface area contributed by atoms with Gasteiger partial charge < -0.3 is 14.8 Å². The molecule has 1 N–H and O–H groups in total. The molecule has 0 atom stereocenters. The van der Waals surface area contributed by atoms with Gasteiger partial charge in [-0.05, 0) is 78.5 Å². The van der Waals surface area contributed by atoms with Crippen molar-refractivity contribution in [3.63, 3.8) is 0 Å². The van der Waals surface area contributed by atoms with Gasteiger partial charge in [-0.25, -0.2) is 0 Å². The molecule has 0 aliphatic carbocycles. The van der Waals surface area contributed by atoms with Gasteiger partial charge in [-0.1, -0.05) is 25.1 Å². The van der Waals surface area contributed by atoms with E-state index in [4.69, 9.17) is 9.47 Å². The van der Waals surface area contributed by atoms with E-state index in [1.165, 1.54) is 6.08 Å². The lowest BCUT2D eigenvalue weighted by atomic mass is 10.1. The SMILES string of the molecule is CCOc1cc(/C=C(\C#N)C(=O)Nc2ccccc2CC)cc(Br)c1OC(C)C. The maximum atomic E-state index is 12.7. The summed E-state index contributed by atoms with van der Waals surface area (Å²) in [5, 5.41) is 12.4. The second kappa shape index (κ2) is 10.7. The van der Waals surface area contributed by atoms with Gasteiger partial charge in [-0.15, -0.1) is 0 Å². The number of para-hydroxylation sites is 1. The van der Waals surface area contributed by atoms with Crippen molar-refractivity contribution in [2.75, 3.05) is 11.9 Å². The Bertz CT molecular complexity index is 946. The Hall–Kier alpha value is -2.78. The van der Waals surface area contributed by atoms with Gasteiger partial charge in [0.1, 0.15) is 11.6 Å². The number of benzene rings is 2. The van der Waals surface area contributed by atoms with Crippen molar-refractivity contribution >= 4 is 33.6 Å². The van der Waals surface area contributed by atoms with Crippen LogP contribution in [0.4, 0.5) is 5.69 Å². The molecule has 0 aromatic heterocycles. The number of nitriles is 1. The first-order valence-electron chi connectivity index (χ1n) is 9.53. The van der Waals surface area contributed by atoms with Gasteiger partial charge in [-0.3, -0.25) is 4.79 Å². The molecular formula is C23H25BrN2O3. The van der Waals surface area contributed by atoms with Crippen LogP contribution in [-0.4, -0.2) is 18.6 Å². The lowest BCUT2D eigenvalue weighted by Crippen LogP contribution is -2.14. The number of nitrogens with zero attached hydrogens (tertiary/aromatic N) is 1. The Balaban J connectivity index is 2.36. The minimum absolute atomic E-state index is 0.00258. The Morgan fingerprint density at radius 1 is 1.28 bits per heavy atom. The molecule has 0 saturated heterocycles. The molecule has 0 bridgehead atoms. The lowest BCUT2D eigenvalue weighted by molar-refractivity contribution is -0.112. The van der Waals surface area contributed by atoms with Crippen molar-refractivity contribution in [2.45, 2.75) is 40.2 Å². The molecule has 29 heavy (non-hydrogen) atoms. The molecule has 0 aliphatic rings. The van der Waals surface area contributed by atoms with Crippen LogP contribution in [-0.2, 0) is 11.2 Å². The number of aryl methyl sites for hydroxylation is 1. The number of hydrogen-bond donors (Lipinski definition) is 1. The zero-order valence-electron chi connectivity index (χ0n) is 17.1. The molecular weight excluding hydrogens is 432 g/mol. The summed E-state index contributed by atoms with van der Waals surface area (Å²) in [5.41, 5.74) is 2.38. The molecule has 0 saturated carbocycles. The minimum atomic E-state index is -0.454. The normalized spacial score (nSPS) is 11.1. The van der Waals surface area contributed by atoms with Crippen molar-refractivity contribution in [3.8, 4) is 17.6 Å². The largest absolute Gasteiger partial charge is 0.490 e. The molecule has 0 aliphatic heterocycles. The highest BCUT2D eigenvalue weighted by atomic mass is 79.9. The highest BCUT2D eigenvalue weighted by molar-refractivity contribution is 9.10. The number of amides is 1. The third-order valence-electron chi connectivity index (χ3n) is 4.01. The number of carbonyl (C=O) groups is 1. The summed E-state index contributed by atoms with van der Waals surface area (Å²) in [4.78, 5) is 12.7. The second-order valence-corrected chi connectivity index (χ2v) is 7.42. The van der Waals surface area contributed by atoms with Crippen LogP contribution in [0.3, 0.4) is 0 Å². The number of nitrogens with one attached hydrogen (secondary N) is 1. The van der Waals surface area contributed by atoms with Crippen molar-refractivity contribution in [1.29, 1.82) is 5.26 Å². The maximum absolute atomic E-state index is 12.7. The van der Waals surface area contributed by atoms with E-state index >= 15 is 0 Å². The quantitative estimate of drug-likeness (QED) is 0.405. The average Bonchev–Trinajstić information content (AvgIpc) is 2.69. The highest BCUT2D eigenvalue weighted by Crippen LogP contribution is 2.38. The molecule has 2 rings (SSSR count). The fourth-order valence-electron chi connectivity index (χ4n) is 2.74. The number of carbonyl (C=O) groups excluding carboxylic acids is 1. The van der Waals surface area contributed by atoms with Gasteiger partial charge in [0, 0.05) is 5.69 Å². The summed E-state index contributed by atoms with van der Waals surface area (Å²) in [7, 11) is 0. The van der Waals surface area contributed by atoms with E-state index in [1.54, 1.807) is 12.1 Å². The first-order chi connectivity index (χ1) is 13.9. The lowest BCUT2D eigenvalue weighted by Gasteiger charge is -2.17. The van der Waals surface area contributed by atoms with E-state index in [2.05, 4.69) is 21.2 Å². The fraction of sp³-hybridized carbons (Fsp3) is 0.304. The van der Waals surface area contributed by atoms with E-state index in [1.807, 2.05) is 58.0 Å². The molecule has 5 nitrogen and oxygen atoms in total. The predicted molar refractivity (Wildman–Crippen MR) is 119 cm³/mol. The van der Waals surface area contributed by atoms with E-state index in [-0.39, 0.29) is 11.7 Å². The summed E-state index contributed by atoms with van der Waals surface area (Å²) in [6, 6.07) is 13.1. The van der Waals surface area contributed by atoms with Gasteiger partial charge >= 0.3 is 0 Å². The molecule has 0 unspecified atom stereocenters. The Morgan fingerprint density at radius 2 is 2.00 bits per heavy atom. The number of halogens is 1. The maximum Gasteiger partial charge on any atom is 0.266 e. The first kappa shape index (κ1) is 22.5. The molecule has 1 amide bonds. The molecule has 0 spiro atoms. The van der Waals surface area contributed by atoms with Crippen molar-refractivity contribution in [1.82, 2.24) is 0 Å². The standard InChI is InChI=1S/C23H25BrN2O3/c1-5-17-9-7-8-10-20(17)26-23(27)18(14-25)11-16-12-19(24)22(29-15(3)4)21(13-16)28-6-2/h7-13,15H,5-6H2,1-4H3,(H,26,27)/b18-11+. The van der Waals surface area contributed by atoms with Crippen LogP contribution in [0.5, 0.6) is 11.5 Å². The van der Waals surface area contributed by atoms with Crippen LogP contribution >= 0.6 is 15.9 Å². The number of anilines is 1. The monoisotopic (exact) mass is 456 g/mol. The average molecular weight is 457 g/mol. The van der Waals surface area contributed by atoms with Crippen LogP contribution in [0.15, 0.2) is 46.4 Å². The third-order valence-corrected chi connectivity index (χ3v) is 4.60. The predicted octanol–water partition coefficient (Wildman–Crippen LogP) is 5.74. The Morgan fingerprint density at radius 3 is 2.62 bits per heavy atom. The molecule has 6 heteroatoms. The van der Waals surface area contributed by atoms with Gasteiger partial charge in [0.2, 0.25) is 0 Å². The van der Waals surface area contributed by atoms with Gasteiger partial charge in [0.15, 0.2) is 11.5 Å². The van der Waals surface area contributed by atoms with E-state index in [0.29, 0.717) is 33.8 Å². The first-order valence-corrected chi connectivity index (χ1v) is 10.3. The topological polar surface area (TPSA) is 71.3 Å². The summed E-state index contributed by atoms with van der Waals surface area (Å²) in [5.74, 6) is 0.694. The van der Waals surface area contributed by atoms with Gasteiger partial charge in [0.05, 0.1) is 17.2 Å². The molecule has 0 heterocycles. The summed E-state index contributed by atoms with van der Waals surface area (Å²) in [6.45, 7) is 8.23. The van der Waals surface area contributed by atoms with Gasteiger partial charge in [0.25, 0.3) is 5.91 Å².